The molecule has 642 valence electrons. The Labute approximate surface area is 664 Å². The number of unbranched alkanes of at least 4 members (excludes halogenated alkanes) is 61. The van der Waals surface area contributed by atoms with Gasteiger partial charge < -0.3 is 33.8 Å². The number of rotatable bonds is 89. The van der Waals surface area contributed by atoms with E-state index in [1.165, 1.54) is 302 Å². The number of phosphoric acid groups is 2. The molecular weight excluding hydrogens is 1400 g/mol. The van der Waals surface area contributed by atoms with Gasteiger partial charge in [-0.25, -0.2) is 9.13 Å². The summed E-state index contributed by atoms with van der Waals surface area (Å²) in [5.41, 5.74) is 0. The fourth-order valence-corrected chi connectivity index (χ4v) is 15.6. The second-order valence-corrected chi connectivity index (χ2v) is 35.4. The molecule has 0 amide bonds. The van der Waals surface area contributed by atoms with Crippen LogP contribution in [0.4, 0.5) is 0 Å². The summed E-state index contributed by atoms with van der Waals surface area (Å²) in [5.74, 6) is -1.42. The zero-order valence-corrected chi connectivity index (χ0v) is 72.8. The normalized spacial score (nSPS) is 13.7. The lowest BCUT2D eigenvalue weighted by Crippen LogP contribution is -2.30. The first kappa shape index (κ1) is 106. The molecule has 0 aliphatic heterocycles. The van der Waals surface area contributed by atoms with Crippen LogP contribution in [-0.4, -0.2) is 96.7 Å². The van der Waals surface area contributed by atoms with Crippen molar-refractivity contribution < 1.29 is 80.2 Å². The molecule has 0 heterocycles. The maximum absolute atomic E-state index is 13.2. The molecule has 17 nitrogen and oxygen atoms in total. The predicted molar refractivity (Wildman–Crippen MR) is 446 cm³/mol. The zero-order chi connectivity index (χ0) is 79.0. The van der Waals surface area contributed by atoms with Crippen LogP contribution < -0.4 is 0 Å². The summed E-state index contributed by atoms with van der Waals surface area (Å²) in [6.45, 7) is 7.29. The lowest BCUT2D eigenvalue weighted by atomic mass is 10.0. The third kappa shape index (κ3) is 82.1. The standard InChI is InChI=1S/C89H174O17P2/c1-6-9-12-15-18-21-24-27-30-33-35-37-39-41-43-46-49-52-55-58-65-70-74-88(93)105-84(78-99-86(91)72-67-62-56-53-50-47-45-42-40-38-36-34-31-28-25-22-19-16-13-10-7-2)80-103-107(95,96)101-76-83(90)77-102-108(97,98)104-81-85(79-100-87(92)73-68-63-60-59-61-66-71-82(4)5)106-89(94)75-69-64-57-54-51-48-44-32-29-26-23-20-17-14-11-8-3/h82-85,90H,6-81H2,1-5H3,(H,95,96)(H,97,98)/t83-,84-,85-/m1/s1. The summed E-state index contributed by atoms with van der Waals surface area (Å²) in [7, 11) is -9.93. The van der Waals surface area contributed by atoms with E-state index < -0.39 is 97.5 Å². The molecule has 2 unspecified atom stereocenters. The Morgan fingerprint density at radius 2 is 0.426 bits per heavy atom. The van der Waals surface area contributed by atoms with Crippen molar-refractivity contribution in [3.05, 3.63) is 0 Å². The van der Waals surface area contributed by atoms with E-state index in [1.54, 1.807) is 0 Å². The summed E-state index contributed by atoms with van der Waals surface area (Å²) in [4.78, 5) is 73.2. The van der Waals surface area contributed by atoms with Gasteiger partial charge in [0.05, 0.1) is 26.4 Å². The Bertz CT molecular complexity index is 2050. The lowest BCUT2D eigenvalue weighted by Gasteiger charge is -2.21. The highest BCUT2D eigenvalue weighted by Crippen LogP contribution is 2.45. The van der Waals surface area contributed by atoms with Crippen LogP contribution in [0.25, 0.3) is 0 Å². The van der Waals surface area contributed by atoms with Gasteiger partial charge in [0.25, 0.3) is 0 Å². The summed E-state index contributed by atoms with van der Waals surface area (Å²) in [5, 5.41) is 10.7. The average molecular weight is 1580 g/mol. The predicted octanol–water partition coefficient (Wildman–Crippen LogP) is 27.5. The molecule has 0 aromatic rings. The average Bonchev–Trinajstić information content (AvgIpc) is 0.902. The number of ether oxygens (including phenoxy) is 4. The van der Waals surface area contributed by atoms with Crippen LogP contribution in [0.1, 0.15) is 484 Å². The van der Waals surface area contributed by atoms with Gasteiger partial charge in [0.2, 0.25) is 0 Å². The lowest BCUT2D eigenvalue weighted by molar-refractivity contribution is -0.161. The molecule has 5 atom stereocenters. The van der Waals surface area contributed by atoms with Gasteiger partial charge in [-0.2, -0.15) is 0 Å². The van der Waals surface area contributed by atoms with Crippen molar-refractivity contribution in [1.29, 1.82) is 0 Å². The van der Waals surface area contributed by atoms with E-state index in [4.69, 9.17) is 37.0 Å². The first-order chi connectivity index (χ1) is 52.5. The number of aliphatic hydroxyl groups is 1. The van der Waals surface area contributed by atoms with Crippen LogP contribution in [0.3, 0.4) is 0 Å². The number of hydrogen-bond acceptors (Lipinski definition) is 15. The zero-order valence-electron chi connectivity index (χ0n) is 71.0. The molecule has 0 spiro atoms. The third-order valence-corrected chi connectivity index (χ3v) is 22.9. The Hall–Kier alpha value is -1.94. The number of carbonyl (C=O) groups excluding carboxylic acids is 4. The summed E-state index contributed by atoms with van der Waals surface area (Å²) >= 11 is 0. The van der Waals surface area contributed by atoms with E-state index in [2.05, 4.69) is 34.6 Å². The quantitative estimate of drug-likeness (QED) is 0.0222. The number of carbonyl (C=O) groups is 4. The van der Waals surface area contributed by atoms with E-state index >= 15 is 0 Å². The fourth-order valence-electron chi connectivity index (χ4n) is 14.0. The highest BCUT2D eigenvalue weighted by molar-refractivity contribution is 7.47. The van der Waals surface area contributed by atoms with Gasteiger partial charge in [0.15, 0.2) is 12.2 Å². The van der Waals surface area contributed by atoms with Gasteiger partial charge in [-0.3, -0.25) is 37.3 Å². The Kier molecular flexibility index (Phi) is 80.2. The van der Waals surface area contributed by atoms with Crippen LogP contribution >= 0.6 is 15.6 Å². The van der Waals surface area contributed by atoms with E-state index in [-0.39, 0.29) is 25.7 Å². The van der Waals surface area contributed by atoms with Crippen LogP contribution in [0.5, 0.6) is 0 Å². The van der Waals surface area contributed by atoms with Gasteiger partial charge in [-0.15, -0.1) is 0 Å². The van der Waals surface area contributed by atoms with Crippen molar-refractivity contribution in [3.63, 3.8) is 0 Å². The largest absolute Gasteiger partial charge is 0.472 e. The molecule has 0 saturated heterocycles. The molecule has 0 aromatic carbocycles. The molecule has 0 aromatic heterocycles. The van der Waals surface area contributed by atoms with Crippen molar-refractivity contribution >= 4 is 39.5 Å². The molecule has 0 fully saturated rings. The van der Waals surface area contributed by atoms with Gasteiger partial charge in [0, 0.05) is 25.7 Å². The maximum atomic E-state index is 13.2. The SMILES string of the molecule is CCCCCCCCCCCCCCCCCCCCCCCCC(=O)O[C@H](COC(=O)CCCCCCCCCCCCCCCCCCCCCCC)COP(=O)(O)OC[C@@H](O)COP(=O)(O)OC[C@@H](COC(=O)CCCCCCCCC(C)C)OC(=O)CCCCCCCCCCCCCCCCCC. The van der Waals surface area contributed by atoms with Gasteiger partial charge in [-0.05, 0) is 31.6 Å². The third-order valence-electron chi connectivity index (χ3n) is 21.0. The molecule has 0 bridgehead atoms. The summed E-state index contributed by atoms with van der Waals surface area (Å²) in [6.07, 6.45) is 76.8. The highest BCUT2D eigenvalue weighted by Gasteiger charge is 2.30. The molecule has 0 rings (SSSR count). The Morgan fingerprint density at radius 1 is 0.250 bits per heavy atom. The summed E-state index contributed by atoms with van der Waals surface area (Å²) < 4.78 is 68.9. The second-order valence-electron chi connectivity index (χ2n) is 32.5. The Morgan fingerprint density at radius 3 is 0.630 bits per heavy atom. The number of hydrogen-bond donors (Lipinski definition) is 3. The van der Waals surface area contributed by atoms with Crippen molar-refractivity contribution in [2.75, 3.05) is 39.6 Å². The van der Waals surface area contributed by atoms with Gasteiger partial charge in [0.1, 0.15) is 19.3 Å². The number of phosphoric ester groups is 2. The van der Waals surface area contributed by atoms with Crippen molar-refractivity contribution in [1.82, 2.24) is 0 Å². The minimum absolute atomic E-state index is 0.108. The van der Waals surface area contributed by atoms with Crippen LogP contribution in [-0.2, 0) is 65.4 Å². The van der Waals surface area contributed by atoms with Crippen LogP contribution in [0.15, 0.2) is 0 Å². The van der Waals surface area contributed by atoms with E-state index in [9.17, 15) is 43.2 Å². The van der Waals surface area contributed by atoms with Gasteiger partial charge >= 0.3 is 39.5 Å². The molecule has 0 radical (unpaired) electrons. The van der Waals surface area contributed by atoms with Gasteiger partial charge in [-0.1, -0.05) is 433 Å². The fraction of sp³-hybridized carbons (Fsp3) is 0.955. The minimum Gasteiger partial charge on any atom is -0.462 e. The Balaban J connectivity index is 5.19. The number of esters is 4. The highest BCUT2D eigenvalue weighted by atomic mass is 31.2. The molecular formula is C89H174O17P2. The van der Waals surface area contributed by atoms with E-state index in [0.29, 0.717) is 31.6 Å². The second kappa shape index (κ2) is 81.6. The minimum atomic E-state index is -4.97. The smallest absolute Gasteiger partial charge is 0.462 e. The topological polar surface area (TPSA) is 237 Å². The van der Waals surface area contributed by atoms with E-state index in [0.717, 1.165) is 96.3 Å². The van der Waals surface area contributed by atoms with Crippen molar-refractivity contribution in [2.24, 2.45) is 5.92 Å². The monoisotopic (exact) mass is 1580 g/mol. The maximum Gasteiger partial charge on any atom is 0.472 e. The first-order valence-corrected chi connectivity index (χ1v) is 49.1. The molecule has 0 aliphatic carbocycles. The molecule has 0 aliphatic rings. The molecule has 3 N–H and O–H groups in total. The number of aliphatic hydroxyl groups excluding tert-OH is 1. The molecule has 19 heteroatoms. The summed E-state index contributed by atoms with van der Waals surface area (Å²) in [6, 6.07) is 0. The first-order valence-electron chi connectivity index (χ1n) is 46.1. The molecule has 0 saturated carbocycles. The van der Waals surface area contributed by atoms with Crippen LogP contribution in [0, 0.1) is 5.92 Å². The van der Waals surface area contributed by atoms with Crippen molar-refractivity contribution in [3.8, 4) is 0 Å². The van der Waals surface area contributed by atoms with E-state index in [1.807, 2.05) is 0 Å². The van der Waals surface area contributed by atoms with Crippen LogP contribution in [0.2, 0.25) is 0 Å². The van der Waals surface area contributed by atoms with Crippen molar-refractivity contribution in [2.45, 2.75) is 502 Å². The molecule has 108 heavy (non-hydrogen) atoms.